The molecule has 1 rings (SSSR count). The molecule has 72 valence electrons. The zero-order valence-electron chi connectivity index (χ0n) is 7.86. The zero-order valence-corrected chi connectivity index (χ0v) is 7.86. The van der Waals surface area contributed by atoms with Crippen LogP contribution in [0.25, 0.3) is 0 Å². The van der Waals surface area contributed by atoms with Gasteiger partial charge in [0.1, 0.15) is 17.6 Å². The Hall–Kier alpha value is -1.22. The van der Waals surface area contributed by atoms with Crippen LogP contribution in [-0.2, 0) is 4.74 Å². The summed E-state index contributed by atoms with van der Waals surface area (Å²) in [5, 5.41) is 9.14. The Balaban J connectivity index is 2.53. The minimum absolute atomic E-state index is 0.00759. The van der Waals surface area contributed by atoms with Crippen LogP contribution in [0.3, 0.4) is 0 Å². The Bertz CT molecular complexity index is 260. The van der Waals surface area contributed by atoms with Crippen LogP contribution in [0.4, 0.5) is 0 Å². The molecule has 1 aromatic rings. The summed E-state index contributed by atoms with van der Waals surface area (Å²) in [5.41, 5.74) is 0. The molecule has 0 aliphatic carbocycles. The molecule has 0 saturated heterocycles. The van der Waals surface area contributed by atoms with Gasteiger partial charge in [0.2, 0.25) is 0 Å². The first kappa shape index (κ1) is 9.86. The number of phenols is 1. The molecule has 0 bridgehead atoms. The van der Waals surface area contributed by atoms with Crippen molar-refractivity contribution < 1.29 is 14.6 Å². The molecular weight excluding hydrogens is 168 g/mol. The van der Waals surface area contributed by atoms with Crippen LogP contribution in [0.1, 0.15) is 6.92 Å². The second-order valence-corrected chi connectivity index (χ2v) is 2.88. The van der Waals surface area contributed by atoms with Gasteiger partial charge in [-0.25, -0.2) is 0 Å². The van der Waals surface area contributed by atoms with E-state index in [0.717, 1.165) is 0 Å². The van der Waals surface area contributed by atoms with E-state index in [9.17, 15) is 0 Å². The summed E-state index contributed by atoms with van der Waals surface area (Å²) in [7, 11) is 1.63. The third-order valence-electron chi connectivity index (χ3n) is 1.56. The first-order valence-corrected chi connectivity index (χ1v) is 4.17. The first-order valence-electron chi connectivity index (χ1n) is 4.17. The molecule has 0 aromatic heterocycles. The fourth-order valence-corrected chi connectivity index (χ4v) is 1.06. The highest BCUT2D eigenvalue weighted by Gasteiger charge is 2.02. The molecular formula is C10H14O3. The second-order valence-electron chi connectivity index (χ2n) is 2.88. The van der Waals surface area contributed by atoms with Crippen LogP contribution in [0.5, 0.6) is 11.5 Å². The standard InChI is InChI=1S/C10H14O3/c1-8(7-12-2)13-10-5-3-4-9(11)6-10/h3-6,8,11H,7H2,1-2H3/t8-/m0/s1. The summed E-state index contributed by atoms with van der Waals surface area (Å²) in [5.74, 6) is 0.867. The van der Waals surface area contributed by atoms with Crippen molar-refractivity contribution in [2.24, 2.45) is 0 Å². The largest absolute Gasteiger partial charge is 0.508 e. The monoisotopic (exact) mass is 182 g/mol. The van der Waals surface area contributed by atoms with Crippen molar-refractivity contribution in [3.05, 3.63) is 24.3 Å². The van der Waals surface area contributed by atoms with Crippen LogP contribution in [0.15, 0.2) is 24.3 Å². The lowest BCUT2D eigenvalue weighted by atomic mass is 10.3. The van der Waals surface area contributed by atoms with Crippen LogP contribution >= 0.6 is 0 Å². The van der Waals surface area contributed by atoms with E-state index >= 15 is 0 Å². The quantitative estimate of drug-likeness (QED) is 0.771. The maximum atomic E-state index is 9.14. The van der Waals surface area contributed by atoms with Crippen LogP contribution in [0, 0.1) is 0 Å². The van der Waals surface area contributed by atoms with Gasteiger partial charge in [-0.15, -0.1) is 0 Å². The topological polar surface area (TPSA) is 38.7 Å². The van der Waals surface area contributed by atoms with E-state index in [0.29, 0.717) is 12.4 Å². The predicted molar refractivity (Wildman–Crippen MR) is 50.1 cm³/mol. The lowest BCUT2D eigenvalue weighted by molar-refractivity contribution is 0.0919. The summed E-state index contributed by atoms with van der Waals surface area (Å²) in [6.07, 6.45) is -0.00759. The minimum atomic E-state index is -0.00759. The Morgan fingerprint density at radius 3 is 2.85 bits per heavy atom. The lowest BCUT2D eigenvalue weighted by Crippen LogP contribution is -2.17. The molecule has 13 heavy (non-hydrogen) atoms. The van der Waals surface area contributed by atoms with Crippen molar-refractivity contribution in [1.29, 1.82) is 0 Å². The molecule has 0 fully saturated rings. The lowest BCUT2D eigenvalue weighted by Gasteiger charge is -2.13. The molecule has 3 nitrogen and oxygen atoms in total. The van der Waals surface area contributed by atoms with Gasteiger partial charge in [-0.1, -0.05) is 6.07 Å². The van der Waals surface area contributed by atoms with Gasteiger partial charge >= 0.3 is 0 Å². The highest BCUT2D eigenvalue weighted by atomic mass is 16.5. The van der Waals surface area contributed by atoms with Gasteiger partial charge in [0.15, 0.2) is 0 Å². The molecule has 1 N–H and O–H groups in total. The third kappa shape index (κ3) is 3.34. The SMILES string of the molecule is COC[C@H](C)Oc1cccc(O)c1. The number of aromatic hydroxyl groups is 1. The smallest absolute Gasteiger partial charge is 0.123 e. The Morgan fingerprint density at radius 2 is 2.23 bits per heavy atom. The Morgan fingerprint density at radius 1 is 1.46 bits per heavy atom. The van der Waals surface area contributed by atoms with E-state index in [-0.39, 0.29) is 11.9 Å². The molecule has 0 spiro atoms. The van der Waals surface area contributed by atoms with Gasteiger partial charge in [0.25, 0.3) is 0 Å². The number of phenolic OH excluding ortho intramolecular Hbond substituents is 1. The molecule has 0 aliphatic heterocycles. The van der Waals surface area contributed by atoms with Crippen molar-refractivity contribution in [2.45, 2.75) is 13.0 Å². The van der Waals surface area contributed by atoms with Crippen LogP contribution < -0.4 is 4.74 Å². The molecule has 1 aromatic carbocycles. The van der Waals surface area contributed by atoms with E-state index < -0.39 is 0 Å². The van der Waals surface area contributed by atoms with Crippen LogP contribution in [-0.4, -0.2) is 24.9 Å². The summed E-state index contributed by atoms with van der Waals surface area (Å²) in [6, 6.07) is 6.72. The molecule has 3 heteroatoms. The predicted octanol–water partition coefficient (Wildman–Crippen LogP) is 1.81. The van der Waals surface area contributed by atoms with E-state index in [1.54, 1.807) is 31.4 Å². The van der Waals surface area contributed by atoms with Crippen molar-refractivity contribution in [3.63, 3.8) is 0 Å². The zero-order chi connectivity index (χ0) is 9.68. The van der Waals surface area contributed by atoms with E-state index in [1.807, 2.05) is 6.92 Å². The van der Waals surface area contributed by atoms with Crippen molar-refractivity contribution in [3.8, 4) is 11.5 Å². The van der Waals surface area contributed by atoms with Crippen molar-refractivity contribution in [1.82, 2.24) is 0 Å². The first-order chi connectivity index (χ1) is 6.22. The fourth-order valence-electron chi connectivity index (χ4n) is 1.06. The number of hydrogen-bond donors (Lipinski definition) is 1. The molecule has 0 saturated carbocycles. The summed E-state index contributed by atoms with van der Waals surface area (Å²) in [6.45, 7) is 2.45. The van der Waals surface area contributed by atoms with Gasteiger partial charge in [-0.3, -0.25) is 0 Å². The number of ether oxygens (including phenoxy) is 2. The maximum Gasteiger partial charge on any atom is 0.123 e. The van der Waals surface area contributed by atoms with Crippen molar-refractivity contribution >= 4 is 0 Å². The van der Waals surface area contributed by atoms with Gasteiger partial charge in [0, 0.05) is 13.2 Å². The summed E-state index contributed by atoms with van der Waals surface area (Å²) < 4.78 is 10.4. The average molecular weight is 182 g/mol. The third-order valence-corrected chi connectivity index (χ3v) is 1.56. The average Bonchev–Trinajstić information content (AvgIpc) is 2.04. The Labute approximate surface area is 77.9 Å². The van der Waals surface area contributed by atoms with Crippen molar-refractivity contribution in [2.75, 3.05) is 13.7 Å². The number of methoxy groups -OCH3 is 1. The van der Waals surface area contributed by atoms with Gasteiger partial charge in [0.05, 0.1) is 6.61 Å². The normalized spacial score (nSPS) is 12.5. The number of rotatable bonds is 4. The highest BCUT2D eigenvalue weighted by Crippen LogP contribution is 2.18. The fraction of sp³-hybridized carbons (Fsp3) is 0.400. The summed E-state index contributed by atoms with van der Waals surface area (Å²) in [4.78, 5) is 0. The second kappa shape index (κ2) is 4.72. The maximum absolute atomic E-state index is 9.14. The van der Waals surface area contributed by atoms with E-state index in [4.69, 9.17) is 14.6 Å². The summed E-state index contributed by atoms with van der Waals surface area (Å²) >= 11 is 0. The van der Waals surface area contributed by atoms with E-state index in [1.165, 1.54) is 0 Å². The molecule has 0 radical (unpaired) electrons. The minimum Gasteiger partial charge on any atom is -0.508 e. The molecule has 1 atom stereocenters. The van der Waals surface area contributed by atoms with Gasteiger partial charge < -0.3 is 14.6 Å². The highest BCUT2D eigenvalue weighted by molar-refractivity contribution is 5.31. The molecule has 0 amide bonds. The molecule has 0 aliphatic rings. The number of hydrogen-bond acceptors (Lipinski definition) is 3. The molecule has 0 heterocycles. The molecule has 0 unspecified atom stereocenters. The number of benzene rings is 1. The van der Waals surface area contributed by atoms with Crippen LogP contribution in [0.2, 0.25) is 0 Å². The van der Waals surface area contributed by atoms with Gasteiger partial charge in [-0.05, 0) is 19.1 Å². The Kier molecular flexibility index (Phi) is 3.58. The van der Waals surface area contributed by atoms with Gasteiger partial charge in [-0.2, -0.15) is 0 Å². The van der Waals surface area contributed by atoms with E-state index in [2.05, 4.69) is 0 Å².